The Morgan fingerprint density at radius 2 is 2.25 bits per heavy atom. The van der Waals surface area contributed by atoms with Gasteiger partial charge in [0.2, 0.25) is 5.91 Å². The molecule has 3 N–H and O–H groups in total. The first-order valence-electron chi connectivity index (χ1n) is 5.20. The quantitative estimate of drug-likeness (QED) is 0.640. The van der Waals surface area contributed by atoms with Gasteiger partial charge in [0.05, 0.1) is 12.0 Å². The average Bonchev–Trinajstić information content (AvgIpc) is 2.64. The summed E-state index contributed by atoms with van der Waals surface area (Å²) in [6.07, 6.45) is 0.490. The maximum absolute atomic E-state index is 11.6. The average molecular weight is 247 g/mol. The Labute approximate surface area is 98.6 Å². The van der Waals surface area contributed by atoms with Gasteiger partial charge < -0.3 is 15.5 Å². The molecule has 0 aromatic heterocycles. The van der Waals surface area contributed by atoms with E-state index in [1.807, 2.05) is 0 Å². The molecule has 1 aliphatic heterocycles. The fourth-order valence-electron chi connectivity index (χ4n) is 1.55. The van der Waals surface area contributed by atoms with Crippen LogP contribution in [-0.4, -0.2) is 45.7 Å². The Balaban J connectivity index is 2.32. The van der Waals surface area contributed by atoms with Crippen molar-refractivity contribution in [3.05, 3.63) is 0 Å². The lowest BCUT2D eigenvalue weighted by Gasteiger charge is -2.22. The normalized spacial score (nSPS) is 23.8. The molecule has 0 aliphatic carbocycles. The van der Waals surface area contributed by atoms with E-state index in [1.165, 1.54) is 6.92 Å². The fourth-order valence-corrected chi connectivity index (χ4v) is 2.77. The van der Waals surface area contributed by atoms with Gasteiger partial charge in [-0.3, -0.25) is 9.59 Å². The smallest absolute Gasteiger partial charge is 0.306 e. The van der Waals surface area contributed by atoms with Crippen LogP contribution < -0.4 is 5.32 Å². The summed E-state index contributed by atoms with van der Waals surface area (Å²) in [6, 6.07) is 0. The van der Waals surface area contributed by atoms with Crippen molar-refractivity contribution in [2.75, 3.05) is 18.1 Å². The largest absolute Gasteiger partial charge is 0.481 e. The minimum absolute atomic E-state index is 0.00521. The lowest BCUT2D eigenvalue weighted by molar-refractivity contribution is -0.142. The van der Waals surface area contributed by atoms with E-state index in [9.17, 15) is 14.7 Å². The van der Waals surface area contributed by atoms with Gasteiger partial charge in [-0.1, -0.05) is 0 Å². The summed E-state index contributed by atoms with van der Waals surface area (Å²) in [4.78, 5) is 22.0. The number of aliphatic carboxylic acids is 1. The van der Waals surface area contributed by atoms with Crippen molar-refractivity contribution in [2.24, 2.45) is 5.92 Å². The number of carbonyl (C=O) groups is 2. The van der Waals surface area contributed by atoms with Crippen molar-refractivity contribution in [1.29, 1.82) is 0 Å². The molecule has 2 atom stereocenters. The van der Waals surface area contributed by atoms with Crippen molar-refractivity contribution in [2.45, 2.75) is 25.4 Å². The van der Waals surface area contributed by atoms with Crippen LogP contribution in [0.1, 0.15) is 19.8 Å². The van der Waals surface area contributed by atoms with Crippen molar-refractivity contribution in [3.63, 3.8) is 0 Å². The van der Waals surface area contributed by atoms with E-state index < -0.39 is 11.6 Å². The molecule has 0 spiro atoms. The minimum Gasteiger partial charge on any atom is -0.481 e. The standard InChI is InChI=1S/C10H17NO4S/c1-10(15,4-8(12)13)6-11-9(14)7-2-3-16-5-7/h7,15H,2-6H2,1H3,(H,11,14)(H,12,13). The summed E-state index contributed by atoms with van der Waals surface area (Å²) in [5.74, 6) is 0.647. The third-order valence-corrected chi connectivity index (χ3v) is 3.64. The monoisotopic (exact) mass is 247 g/mol. The number of nitrogens with one attached hydrogen (secondary N) is 1. The SMILES string of the molecule is CC(O)(CNC(=O)C1CCSC1)CC(=O)O. The molecule has 6 heteroatoms. The van der Waals surface area contributed by atoms with Gasteiger partial charge in [-0.05, 0) is 19.1 Å². The van der Waals surface area contributed by atoms with E-state index in [-0.39, 0.29) is 24.8 Å². The van der Waals surface area contributed by atoms with Crippen molar-refractivity contribution >= 4 is 23.6 Å². The predicted octanol–water partition coefficient (Wildman–Crippen LogP) is 0.0814. The first-order valence-corrected chi connectivity index (χ1v) is 6.36. The van der Waals surface area contributed by atoms with Crippen molar-refractivity contribution < 1.29 is 19.8 Å². The highest BCUT2D eigenvalue weighted by atomic mass is 32.2. The highest BCUT2D eigenvalue weighted by molar-refractivity contribution is 7.99. The number of hydrogen-bond donors (Lipinski definition) is 3. The zero-order valence-corrected chi connectivity index (χ0v) is 10.0. The molecule has 0 saturated carbocycles. The maximum Gasteiger partial charge on any atom is 0.306 e. The summed E-state index contributed by atoms with van der Waals surface area (Å²) < 4.78 is 0. The number of rotatable bonds is 5. The van der Waals surface area contributed by atoms with Crippen molar-refractivity contribution in [3.8, 4) is 0 Å². The van der Waals surface area contributed by atoms with Gasteiger partial charge >= 0.3 is 5.97 Å². The number of thioether (sulfide) groups is 1. The van der Waals surface area contributed by atoms with E-state index >= 15 is 0 Å². The van der Waals surface area contributed by atoms with Gasteiger partial charge in [-0.2, -0.15) is 11.8 Å². The first-order chi connectivity index (χ1) is 7.41. The zero-order valence-electron chi connectivity index (χ0n) is 9.23. The maximum atomic E-state index is 11.6. The molecular weight excluding hydrogens is 230 g/mol. The second-order valence-electron chi connectivity index (χ2n) is 4.35. The van der Waals surface area contributed by atoms with Crippen LogP contribution in [0.25, 0.3) is 0 Å². The molecule has 1 fully saturated rings. The summed E-state index contributed by atoms with van der Waals surface area (Å²) in [7, 11) is 0. The van der Waals surface area contributed by atoms with Crippen LogP contribution in [0.2, 0.25) is 0 Å². The Morgan fingerprint density at radius 1 is 1.56 bits per heavy atom. The summed E-state index contributed by atoms with van der Waals surface area (Å²) in [5.41, 5.74) is -1.38. The van der Waals surface area contributed by atoms with Crippen LogP contribution in [0.4, 0.5) is 0 Å². The fraction of sp³-hybridized carbons (Fsp3) is 0.800. The van der Waals surface area contributed by atoms with E-state index in [2.05, 4.69) is 5.32 Å². The van der Waals surface area contributed by atoms with Gasteiger partial charge in [-0.25, -0.2) is 0 Å². The Morgan fingerprint density at radius 3 is 2.75 bits per heavy atom. The Hall–Kier alpha value is -0.750. The highest BCUT2D eigenvalue weighted by Gasteiger charge is 2.28. The molecule has 1 amide bonds. The van der Waals surface area contributed by atoms with E-state index in [1.54, 1.807) is 11.8 Å². The van der Waals surface area contributed by atoms with Crippen LogP contribution in [0.15, 0.2) is 0 Å². The summed E-state index contributed by atoms with van der Waals surface area (Å²) >= 11 is 1.74. The second kappa shape index (κ2) is 5.54. The van der Waals surface area contributed by atoms with Crippen LogP contribution in [0.3, 0.4) is 0 Å². The molecule has 0 aromatic carbocycles. The van der Waals surface area contributed by atoms with Crippen molar-refractivity contribution in [1.82, 2.24) is 5.32 Å². The topological polar surface area (TPSA) is 86.6 Å². The van der Waals surface area contributed by atoms with Gasteiger partial charge in [0.15, 0.2) is 0 Å². The predicted molar refractivity (Wildman–Crippen MR) is 61.3 cm³/mol. The summed E-state index contributed by atoms with van der Waals surface area (Å²) in [5, 5.41) is 20.8. The number of carboxylic acids is 1. The van der Waals surface area contributed by atoms with Gasteiger partial charge in [0.1, 0.15) is 0 Å². The zero-order chi connectivity index (χ0) is 12.2. The van der Waals surface area contributed by atoms with Crippen LogP contribution >= 0.6 is 11.8 Å². The highest BCUT2D eigenvalue weighted by Crippen LogP contribution is 2.23. The van der Waals surface area contributed by atoms with E-state index in [4.69, 9.17) is 5.11 Å². The van der Waals surface area contributed by atoms with Crippen LogP contribution in [-0.2, 0) is 9.59 Å². The number of carboxylic acid groups (broad SMARTS) is 1. The van der Waals surface area contributed by atoms with Gasteiger partial charge in [0, 0.05) is 18.2 Å². The van der Waals surface area contributed by atoms with Gasteiger partial charge in [-0.15, -0.1) is 0 Å². The molecule has 1 rings (SSSR count). The summed E-state index contributed by atoms with van der Waals surface area (Å²) in [6.45, 7) is 1.39. The molecule has 2 unspecified atom stereocenters. The molecule has 16 heavy (non-hydrogen) atoms. The number of carbonyl (C=O) groups excluding carboxylic acids is 1. The van der Waals surface area contributed by atoms with Crippen LogP contribution in [0.5, 0.6) is 0 Å². The molecule has 5 nitrogen and oxygen atoms in total. The molecule has 0 radical (unpaired) electrons. The van der Waals surface area contributed by atoms with Gasteiger partial charge in [0.25, 0.3) is 0 Å². The minimum atomic E-state index is -1.38. The molecule has 0 aromatic rings. The Kier molecular flexibility index (Phi) is 4.61. The number of aliphatic hydroxyl groups is 1. The Bertz CT molecular complexity index is 274. The van der Waals surface area contributed by atoms with E-state index in [0.29, 0.717) is 0 Å². The molecule has 1 saturated heterocycles. The second-order valence-corrected chi connectivity index (χ2v) is 5.50. The molecule has 0 bridgehead atoms. The number of amides is 1. The molecule has 1 aliphatic rings. The molecular formula is C10H17NO4S. The first kappa shape index (κ1) is 13.3. The number of hydrogen-bond acceptors (Lipinski definition) is 4. The lowest BCUT2D eigenvalue weighted by atomic mass is 10.0. The molecule has 92 valence electrons. The van der Waals surface area contributed by atoms with E-state index in [0.717, 1.165) is 17.9 Å². The third-order valence-electron chi connectivity index (χ3n) is 2.48. The lowest BCUT2D eigenvalue weighted by Crippen LogP contribution is -2.44. The third kappa shape index (κ3) is 4.40. The molecule has 1 heterocycles. The van der Waals surface area contributed by atoms with Crippen LogP contribution in [0, 0.1) is 5.92 Å².